The van der Waals surface area contributed by atoms with E-state index in [0.29, 0.717) is 6.04 Å². The highest BCUT2D eigenvalue weighted by Crippen LogP contribution is 2.14. The van der Waals surface area contributed by atoms with E-state index in [2.05, 4.69) is 41.5 Å². The van der Waals surface area contributed by atoms with Crippen molar-refractivity contribution >= 4 is 29.9 Å². The third kappa shape index (κ3) is 7.70. The molecule has 1 aromatic carbocycles. The summed E-state index contributed by atoms with van der Waals surface area (Å²) in [5.41, 5.74) is 1.30. The average molecular weight is 474 g/mol. The minimum Gasteiger partial charge on any atom is -0.497 e. The van der Waals surface area contributed by atoms with E-state index < -0.39 is 0 Å². The molecule has 1 aliphatic heterocycles. The zero-order chi connectivity index (χ0) is 17.9. The molecule has 1 saturated heterocycles. The minimum absolute atomic E-state index is 0. The first kappa shape index (κ1) is 23.0. The molecule has 1 fully saturated rings. The molecule has 6 heteroatoms. The molecule has 2 rings (SSSR count). The summed E-state index contributed by atoms with van der Waals surface area (Å²) in [4.78, 5) is 7.41. The van der Waals surface area contributed by atoms with E-state index in [1.807, 2.05) is 12.1 Å². The van der Waals surface area contributed by atoms with Gasteiger partial charge < -0.3 is 15.4 Å². The predicted molar refractivity (Wildman–Crippen MR) is 121 cm³/mol. The highest BCUT2D eigenvalue weighted by molar-refractivity contribution is 14.0. The third-order valence-electron chi connectivity index (χ3n) is 4.80. The lowest BCUT2D eigenvalue weighted by molar-refractivity contribution is 0.242. The van der Waals surface area contributed by atoms with Crippen LogP contribution in [-0.2, 0) is 6.42 Å². The van der Waals surface area contributed by atoms with Crippen molar-refractivity contribution in [2.75, 3.05) is 39.8 Å². The van der Waals surface area contributed by atoms with Gasteiger partial charge in [0.15, 0.2) is 5.96 Å². The number of rotatable bonds is 9. The zero-order valence-corrected chi connectivity index (χ0v) is 18.8. The number of hydrogen-bond acceptors (Lipinski definition) is 3. The van der Waals surface area contributed by atoms with Gasteiger partial charge in [0, 0.05) is 19.1 Å². The van der Waals surface area contributed by atoms with Crippen LogP contribution in [0.15, 0.2) is 29.3 Å². The minimum atomic E-state index is 0. The van der Waals surface area contributed by atoms with E-state index in [0.717, 1.165) is 44.2 Å². The summed E-state index contributed by atoms with van der Waals surface area (Å²) in [6, 6.07) is 8.82. The zero-order valence-electron chi connectivity index (χ0n) is 16.5. The smallest absolute Gasteiger partial charge is 0.191 e. The molecule has 5 nitrogen and oxygen atoms in total. The standard InChI is InChI=1S/C20H34N4O.HI/c1-4-18(24-14-6-7-15-24)16-23-20(21-5-2)22-13-12-17-8-10-19(25-3)11-9-17;/h8-11,18H,4-7,12-16H2,1-3H3,(H2,21,22,23);1H. The molecule has 1 heterocycles. The number of guanidine groups is 1. The van der Waals surface area contributed by atoms with E-state index in [-0.39, 0.29) is 24.0 Å². The fourth-order valence-corrected chi connectivity index (χ4v) is 3.27. The maximum absolute atomic E-state index is 5.20. The Morgan fingerprint density at radius 2 is 1.85 bits per heavy atom. The molecule has 0 bridgehead atoms. The molecule has 0 radical (unpaired) electrons. The maximum Gasteiger partial charge on any atom is 0.191 e. The second-order valence-electron chi connectivity index (χ2n) is 6.55. The molecule has 1 aromatic rings. The second-order valence-corrected chi connectivity index (χ2v) is 6.55. The summed E-state index contributed by atoms with van der Waals surface area (Å²) >= 11 is 0. The molecule has 0 amide bonds. The molecule has 0 aliphatic carbocycles. The van der Waals surface area contributed by atoms with E-state index in [1.165, 1.54) is 31.5 Å². The Morgan fingerprint density at radius 1 is 1.15 bits per heavy atom. The van der Waals surface area contributed by atoms with E-state index in [1.54, 1.807) is 7.11 Å². The number of nitrogens with zero attached hydrogens (tertiary/aromatic N) is 2. The summed E-state index contributed by atoms with van der Waals surface area (Å²) < 4.78 is 5.20. The van der Waals surface area contributed by atoms with Gasteiger partial charge in [-0.05, 0) is 63.4 Å². The van der Waals surface area contributed by atoms with Crippen molar-refractivity contribution in [2.45, 2.75) is 45.6 Å². The highest BCUT2D eigenvalue weighted by atomic mass is 127. The summed E-state index contributed by atoms with van der Waals surface area (Å²) in [6.45, 7) is 9.47. The van der Waals surface area contributed by atoms with Crippen LogP contribution in [0, 0.1) is 0 Å². The Balaban J connectivity index is 0.00000338. The van der Waals surface area contributed by atoms with Gasteiger partial charge in [-0.2, -0.15) is 0 Å². The highest BCUT2D eigenvalue weighted by Gasteiger charge is 2.19. The number of benzene rings is 1. The van der Waals surface area contributed by atoms with Crippen LogP contribution >= 0.6 is 24.0 Å². The van der Waals surface area contributed by atoms with Crippen LogP contribution in [0.25, 0.3) is 0 Å². The van der Waals surface area contributed by atoms with Crippen molar-refractivity contribution in [1.29, 1.82) is 0 Å². The van der Waals surface area contributed by atoms with E-state index >= 15 is 0 Å². The molecule has 1 atom stereocenters. The summed E-state index contributed by atoms with van der Waals surface area (Å²) in [7, 11) is 1.70. The topological polar surface area (TPSA) is 48.9 Å². The molecular formula is C20H35IN4O. The number of methoxy groups -OCH3 is 1. The first-order chi connectivity index (χ1) is 12.3. The lowest BCUT2D eigenvalue weighted by atomic mass is 10.1. The van der Waals surface area contributed by atoms with Crippen molar-refractivity contribution < 1.29 is 4.74 Å². The number of ether oxygens (including phenoxy) is 1. The van der Waals surface area contributed by atoms with Crippen LogP contribution in [0.1, 0.15) is 38.7 Å². The van der Waals surface area contributed by atoms with Crippen molar-refractivity contribution in [3.05, 3.63) is 29.8 Å². The predicted octanol–water partition coefficient (Wildman–Crippen LogP) is 3.29. The van der Waals surface area contributed by atoms with Gasteiger partial charge in [0.2, 0.25) is 0 Å². The number of aliphatic imine (C=N–C) groups is 1. The Bertz CT molecular complexity index is 515. The largest absolute Gasteiger partial charge is 0.497 e. The molecule has 26 heavy (non-hydrogen) atoms. The van der Waals surface area contributed by atoms with Gasteiger partial charge in [-0.25, -0.2) is 0 Å². The molecule has 0 aromatic heterocycles. The van der Waals surface area contributed by atoms with Crippen molar-refractivity contribution in [3.8, 4) is 5.75 Å². The van der Waals surface area contributed by atoms with Crippen LogP contribution in [0.3, 0.4) is 0 Å². The molecule has 1 aliphatic rings. The molecule has 148 valence electrons. The SMILES string of the molecule is CCNC(=NCC(CC)N1CCCC1)NCCc1ccc(OC)cc1.I. The normalized spacial score (nSPS) is 16.0. The van der Waals surface area contributed by atoms with Crippen LogP contribution in [0.4, 0.5) is 0 Å². The first-order valence-electron chi connectivity index (χ1n) is 9.66. The van der Waals surface area contributed by atoms with Crippen LogP contribution in [0.2, 0.25) is 0 Å². The quantitative estimate of drug-likeness (QED) is 0.328. The third-order valence-corrected chi connectivity index (χ3v) is 4.80. The van der Waals surface area contributed by atoms with Gasteiger partial charge in [-0.15, -0.1) is 24.0 Å². The maximum atomic E-state index is 5.20. The Hall–Kier alpha value is -1.02. The molecule has 0 spiro atoms. The van der Waals surface area contributed by atoms with Crippen molar-refractivity contribution in [2.24, 2.45) is 4.99 Å². The van der Waals surface area contributed by atoms with Crippen LogP contribution in [-0.4, -0.2) is 56.7 Å². The van der Waals surface area contributed by atoms with Crippen molar-refractivity contribution in [3.63, 3.8) is 0 Å². The molecule has 2 N–H and O–H groups in total. The van der Waals surface area contributed by atoms with Gasteiger partial charge >= 0.3 is 0 Å². The lowest BCUT2D eigenvalue weighted by Gasteiger charge is -2.25. The Kier molecular flexibility index (Phi) is 11.7. The summed E-state index contributed by atoms with van der Waals surface area (Å²) in [6.07, 6.45) is 4.80. The van der Waals surface area contributed by atoms with Gasteiger partial charge in [-0.3, -0.25) is 9.89 Å². The van der Waals surface area contributed by atoms with Crippen molar-refractivity contribution in [1.82, 2.24) is 15.5 Å². The number of halogens is 1. The van der Waals surface area contributed by atoms with Gasteiger partial charge in [0.05, 0.1) is 13.7 Å². The second kappa shape index (κ2) is 13.2. The van der Waals surface area contributed by atoms with Gasteiger partial charge in [0.1, 0.15) is 5.75 Å². The van der Waals surface area contributed by atoms with Crippen LogP contribution < -0.4 is 15.4 Å². The fourth-order valence-electron chi connectivity index (χ4n) is 3.27. The monoisotopic (exact) mass is 474 g/mol. The Labute approximate surface area is 176 Å². The molecule has 0 saturated carbocycles. The summed E-state index contributed by atoms with van der Waals surface area (Å²) in [5, 5.41) is 6.81. The number of likely N-dealkylation sites (tertiary alicyclic amines) is 1. The van der Waals surface area contributed by atoms with Crippen LogP contribution in [0.5, 0.6) is 5.75 Å². The number of hydrogen-bond donors (Lipinski definition) is 2. The fraction of sp³-hybridized carbons (Fsp3) is 0.650. The lowest BCUT2D eigenvalue weighted by Crippen LogP contribution is -2.40. The Morgan fingerprint density at radius 3 is 2.42 bits per heavy atom. The van der Waals surface area contributed by atoms with Gasteiger partial charge in [0.25, 0.3) is 0 Å². The molecular weight excluding hydrogens is 439 g/mol. The number of nitrogens with one attached hydrogen (secondary N) is 2. The summed E-state index contributed by atoms with van der Waals surface area (Å²) in [5.74, 6) is 1.83. The average Bonchev–Trinajstić information content (AvgIpc) is 3.17. The first-order valence-corrected chi connectivity index (χ1v) is 9.66. The van der Waals surface area contributed by atoms with E-state index in [4.69, 9.17) is 9.73 Å². The van der Waals surface area contributed by atoms with E-state index in [9.17, 15) is 0 Å². The van der Waals surface area contributed by atoms with Gasteiger partial charge in [-0.1, -0.05) is 19.1 Å². The molecule has 1 unspecified atom stereocenters.